The molecule has 2 saturated heterocycles. The molecule has 2 unspecified atom stereocenters. The number of likely N-dealkylation sites (N-methyl/N-ethyl adjacent to an activating group) is 1. The van der Waals surface area contributed by atoms with Gasteiger partial charge in [0.15, 0.2) is 0 Å². The first-order chi connectivity index (χ1) is 9.24. The van der Waals surface area contributed by atoms with Crippen molar-refractivity contribution in [3.8, 4) is 0 Å². The number of esters is 1. The van der Waals surface area contributed by atoms with Crippen LogP contribution in [0.15, 0.2) is 0 Å². The number of carbonyl (C=O) groups is 1. The van der Waals surface area contributed by atoms with Gasteiger partial charge in [0.05, 0.1) is 7.11 Å². The maximum atomic E-state index is 11.8. The molecule has 0 aromatic rings. The second-order valence-electron chi connectivity index (χ2n) is 5.58. The normalized spacial score (nSPS) is 26.7. The summed E-state index contributed by atoms with van der Waals surface area (Å²) in [5, 5.41) is 3.23. The standard InChI is InChI=1S/C14H27N3O2/c1-3-15-13(14(18)19-2)11-16-7-5-9-17-8-4-6-12(17)10-16/h12-13,15H,3-11H2,1-2H3. The first-order valence-corrected chi connectivity index (χ1v) is 7.52. The maximum Gasteiger partial charge on any atom is 0.324 e. The molecule has 1 N–H and O–H groups in total. The Morgan fingerprint density at radius 3 is 2.89 bits per heavy atom. The summed E-state index contributed by atoms with van der Waals surface area (Å²) >= 11 is 0. The molecular formula is C14H27N3O2. The second-order valence-corrected chi connectivity index (χ2v) is 5.58. The van der Waals surface area contributed by atoms with Crippen molar-refractivity contribution in [1.29, 1.82) is 0 Å². The molecule has 0 bridgehead atoms. The monoisotopic (exact) mass is 269 g/mol. The number of ether oxygens (including phenoxy) is 1. The van der Waals surface area contributed by atoms with E-state index in [9.17, 15) is 4.79 Å². The Kier molecular flexibility index (Phi) is 5.60. The molecule has 2 atom stereocenters. The Labute approximate surface area is 116 Å². The molecular weight excluding hydrogens is 242 g/mol. The molecule has 0 spiro atoms. The lowest BCUT2D eigenvalue weighted by Crippen LogP contribution is -2.48. The quantitative estimate of drug-likeness (QED) is 0.728. The van der Waals surface area contributed by atoms with Gasteiger partial charge >= 0.3 is 5.97 Å². The third kappa shape index (κ3) is 3.91. The Bertz CT molecular complexity index is 298. The highest BCUT2D eigenvalue weighted by Gasteiger charge is 2.30. The van der Waals surface area contributed by atoms with Crippen molar-refractivity contribution in [2.24, 2.45) is 0 Å². The molecule has 0 radical (unpaired) electrons. The average Bonchev–Trinajstić information content (AvgIpc) is 2.76. The van der Waals surface area contributed by atoms with Crippen LogP contribution in [0.3, 0.4) is 0 Å². The summed E-state index contributed by atoms with van der Waals surface area (Å²) in [5.41, 5.74) is 0. The van der Waals surface area contributed by atoms with Gasteiger partial charge in [-0.25, -0.2) is 0 Å². The third-order valence-corrected chi connectivity index (χ3v) is 4.26. The zero-order valence-electron chi connectivity index (χ0n) is 12.2. The fourth-order valence-corrected chi connectivity index (χ4v) is 3.32. The zero-order chi connectivity index (χ0) is 13.7. The molecule has 0 saturated carbocycles. The average molecular weight is 269 g/mol. The molecule has 0 aromatic heterocycles. The van der Waals surface area contributed by atoms with Crippen LogP contribution in [-0.2, 0) is 9.53 Å². The molecule has 2 aliphatic heterocycles. The van der Waals surface area contributed by atoms with Crippen LogP contribution in [-0.4, -0.2) is 74.2 Å². The van der Waals surface area contributed by atoms with E-state index in [4.69, 9.17) is 4.74 Å². The van der Waals surface area contributed by atoms with Crippen molar-refractivity contribution in [2.75, 3.05) is 46.4 Å². The van der Waals surface area contributed by atoms with E-state index in [-0.39, 0.29) is 12.0 Å². The van der Waals surface area contributed by atoms with Gasteiger partial charge in [0, 0.05) is 19.1 Å². The van der Waals surface area contributed by atoms with Gasteiger partial charge in [0.2, 0.25) is 0 Å². The number of rotatable bonds is 5. The number of carbonyl (C=O) groups excluding carboxylic acids is 1. The fourth-order valence-electron chi connectivity index (χ4n) is 3.32. The van der Waals surface area contributed by atoms with E-state index in [1.165, 1.54) is 39.5 Å². The molecule has 2 heterocycles. The summed E-state index contributed by atoms with van der Waals surface area (Å²) < 4.78 is 4.89. The van der Waals surface area contributed by atoms with Gasteiger partial charge in [-0.1, -0.05) is 6.92 Å². The predicted molar refractivity (Wildman–Crippen MR) is 75.1 cm³/mol. The van der Waals surface area contributed by atoms with E-state index in [0.717, 1.165) is 26.2 Å². The van der Waals surface area contributed by atoms with Gasteiger partial charge in [-0.05, 0) is 45.4 Å². The molecule has 110 valence electrons. The van der Waals surface area contributed by atoms with Crippen LogP contribution in [0.5, 0.6) is 0 Å². The number of hydrogen-bond acceptors (Lipinski definition) is 5. The Morgan fingerprint density at radius 1 is 1.37 bits per heavy atom. The summed E-state index contributed by atoms with van der Waals surface area (Å²) in [5.74, 6) is -0.144. The Hall–Kier alpha value is -0.650. The number of methoxy groups -OCH3 is 1. The van der Waals surface area contributed by atoms with Crippen molar-refractivity contribution < 1.29 is 9.53 Å². The van der Waals surface area contributed by atoms with Gasteiger partial charge in [-0.3, -0.25) is 14.6 Å². The lowest BCUT2D eigenvalue weighted by atomic mass is 10.2. The second kappa shape index (κ2) is 7.22. The number of nitrogens with zero attached hydrogens (tertiary/aromatic N) is 2. The van der Waals surface area contributed by atoms with E-state index in [1.807, 2.05) is 6.92 Å². The van der Waals surface area contributed by atoms with Gasteiger partial charge in [0.25, 0.3) is 0 Å². The van der Waals surface area contributed by atoms with Crippen LogP contribution >= 0.6 is 0 Å². The van der Waals surface area contributed by atoms with Crippen LogP contribution in [0, 0.1) is 0 Å². The van der Waals surface area contributed by atoms with Crippen molar-refractivity contribution in [3.63, 3.8) is 0 Å². The lowest BCUT2D eigenvalue weighted by Gasteiger charge is -2.28. The molecule has 0 amide bonds. The molecule has 0 aromatic carbocycles. The highest BCUT2D eigenvalue weighted by atomic mass is 16.5. The van der Waals surface area contributed by atoms with E-state index in [2.05, 4.69) is 15.1 Å². The van der Waals surface area contributed by atoms with Crippen LogP contribution in [0.4, 0.5) is 0 Å². The van der Waals surface area contributed by atoms with Crippen LogP contribution in [0.1, 0.15) is 26.2 Å². The molecule has 2 fully saturated rings. The first-order valence-electron chi connectivity index (χ1n) is 7.52. The van der Waals surface area contributed by atoms with Gasteiger partial charge in [-0.15, -0.1) is 0 Å². The summed E-state index contributed by atoms with van der Waals surface area (Å²) in [4.78, 5) is 16.8. The van der Waals surface area contributed by atoms with Crippen LogP contribution in [0.2, 0.25) is 0 Å². The minimum absolute atomic E-state index is 0.144. The molecule has 0 aliphatic carbocycles. The first kappa shape index (κ1) is 14.8. The summed E-state index contributed by atoms with van der Waals surface area (Å²) in [7, 11) is 1.47. The summed E-state index contributed by atoms with van der Waals surface area (Å²) in [6.45, 7) is 8.24. The van der Waals surface area contributed by atoms with Crippen LogP contribution < -0.4 is 5.32 Å². The molecule has 5 nitrogen and oxygen atoms in total. The predicted octanol–water partition coefficient (Wildman–Crippen LogP) is 0.308. The highest BCUT2D eigenvalue weighted by molar-refractivity contribution is 5.75. The highest BCUT2D eigenvalue weighted by Crippen LogP contribution is 2.21. The number of nitrogens with one attached hydrogen (secondary N) is 1. The Balaban J connectivity index is 1.90. The van der Waals surface area contributed by atoms with Crippen molar-refractivity contribution >= 4 is 5.97 Å². The lowest BCUT2D eigenvalue weighted by molar-refractivity contribution is -0.143. The fraction of sp³-hybridized carbons (Fsp3) is 0.929. The minimum Gasteiger partial charge on any atom is -0.468 e. The van der Waals surface area contributed by atoms with Crippen molar-refractivity contribution in [3.05, 3.63) is 0 Å². The molecule has 2 aliphatic rings. The zero-order valence-corrected chi connectivity index (χ0v) is 12.2. The summed E-state index contributed by atoms with van der Waals surface area (Å²) in [6.07, 6.45) is 3.84. The van der Waals surface area contributed by atoms with E-state index in [1.54, 1.807) is 0 Å². The summed E-state index contributed by atoms with van der Waals surface area (Å²) in [6, 6.07) is 0.505. The topological polar surface area (TPSA) is 44.8 Å². The maximum absolute atomic E-state index is 11.8. The molecule has 19 heavy (non-hydrogen) atoms. The number of hydrogen-bond donors (Lipinski definition) is 1. The van der Waals surface area contributed by atoms with Gasteiger partial charge in [0.1, 0.15) is 6.04 Å². The third-order valence-electron chi connectivity index (χ3n) is 4.26. The SMILES string of the molecule is CCNC(CN1CCCN2CCCC2C1)C(=O)OC. The van der Waals surface area contributed by atoms with Crippen molar-refractivity contribution in [1.82, 2.24) is 15.1 Å². The number of fused-ring (bicyclic) bond motifs is 1. The molecule has 5 heteroatoms. The van der Waals surface area contributed by atoms with Crippen molar-refractivity contribution in [2.45, 2.75) is 38.3 Å². The minimum atomic E-state index is -0.192. The van der Waals surface area contributed by atoms with Gasteiger partial charge in [-0.2, -0.15) is 0 Å². The smallest absolute Gasteiger partial charge is 0.324 e. The van der Waals surface area contributed by atoms with Crippen LogP contribution in [0.25, 0.3) is 0 Å². The Morgan fingerprint density at radius 2 is 2.16 bits per heavy atom. The van der Waals surface area contributed by atoms with E-state index in [0.29, 0.717) is 6.04 Å². The van der Waals surface area contributed by atoms with Gasteiger partial charge < -0.3 is 10.1 Å². The van der Waals surface area contributed by atoms with E-state index >= 15 is 0 Å². The van der Waals surface area contributed by atoms with E-state index < -0.39 is 0 Å². The molecule has 2 rings (SSSR count). The largest absolute Gasteiger partial charge is 0.468 e.